The third-order valence-corrected chi connectivity index (χ3v) is 1.55. The molecule has 0 rings (SSSR count). The van der Waals surface area contributed by atoms with Crippen LogP contribution in [0.25, 0.3) is 0 Å². The summed E-state index contributed by atoms with van der Waals surface area (Å²) in [7, 11) is -3.20. The molecule has 0 spiro atoms. The fraction of sp³-hybridized carbons (Fsp3) is 0.500. The first-order chi connectivity index (χ1) is 5.49. The summed E-state index contributed by atoms with van der Waals surface area (Å²) in [6.45, 7) is 2.92. The highest BCUT2D eigenvalue weighted by Crippen LogP contribution is 2.15. The first-order valence-electron chi connectivity index (χ1n) is 3.24. The van der Waals surface area contributed by atoms with Gasteiger partial charge in [-0.3, -0.25) is 0 Å². The molecule has 0 aliphatic heterocycles. The lowest BCUT2D eigenvalue weighted by Crippen LogP contribution is -2.06. The van der Waals surface area contributed by atoms with Crippen LogP contribution in [-0.2, 0) is 13.9 Å². The van der Waals surface area contributed by atoms with E-state index in [2.05, 4.69) is 4.52 Å². The van der Waals surface area contributed by atoms with Gasteiger partial charge in [0.25, 0.3) is 0 Å². The molecule has 0 heterocycles. The largest absolute Gasteiger partial charge is 0.558 e. The third kappa shape index (κ3) is 3.46. The molecule has 12 heavy (non-hydrogen) atoms. The Morgan fingerprint density at radius 2 is 2.17 bits per heavy atom. The van der Waals surface area contributed by atoms with E-state index in [1.807, 2.05) is 0 Å². The number of aliphatic hydroxyl groups excluding tert-OH is 1. The maximum atomic E-state index is 10.7. The molecule has 0 saturated carbocycles. The van der Waals surface area contributed by atoms with E-state index in [0.29, 0.717) is 0 Å². The maximum absolute atomic E-state index is 10.7. The van der Waals surface area contributed by atoms with Crippen LogP contribution in [-0.4, -0.2) is 11.1 Å². The minimum atomic E-state index is -3.20. The zero-order valence-electron chi connectivity index (χ0n) is 6.73. The molecule has 0 bridgehead atoms. The molecular weight excluding hydrogens is 183 g/mol. The van der Waals surface area contributed by atoms with E-state index in [0.717, 1.165) is 0 Å². The van der Waals surface area contributed by atoms with Crippen LogP contribution in [0.5, 0.6) is 0 Å². The van der Waals surface area contributed by atoms with Gasteiger partial charge in [-0.25, -0.2) is 9.32 Å². The van der Waals surface area contributed by atoms with Crippen molar-refractivity contribution in [3.63, 3.8) is 0 Å². The Labute approximate surface area is 70.6 Å². The number of hydrogen-bond acceptors (Lipinski definition) is 5. The average molecular weight is 192 g/mol. The lowest BCUT2D eigenvalue weighted by molar-refractivity contribution is -0.187. The minimum absolute atomic E-state index is 0.0864. The summed E-state index contributed by atoms with van der Waals surface area (Å²) in [6, 6.07) is 0. The number of carbonyl (C=O) groups is 1. The Kier molecular flexibility index (Phi) is 4.47. The molecule has 1 atom stereocenters. The first kappa shape index (κ1) is 11.1. The summed E-state index contributed by atoms with van der Waals surface area (Å²) in [4.78, 5) is 20.6. The van der Waals surface area contributed by atoms with Gasteiger partial charge >= 0.3 is 14.2 Å². The molecule has 0 saturated heterocycles. The average Bonchev–Trinajstić information content (AvgIpc) is 2.00. The smallest absolute Gasteiger partial charge is 0.542 e. The molecular formula is C6H9O5P. The number of aliphatic hydroxyl groups is 1. The lowest BCUT2D eigenvalue weighted by atomic mass is 10.2. The van der Waals surface area contributed by atoms with Crippen molar-refractivity contribution >= 4 is 14.2 Å². The summed E-state index contributed by atoms with van der Waals surface area (Å²) in [6.07, 6.45) is 0.260. The highest BCUT2D eigenvalue weighted by Gasteiger charge is 2.17. The second kappa shape index (κ2) is 4.85. The van der Waals surface area contributed by atoms with Crippen LogP contribution in [0, 0.1) is 0 Å². The molecule has 0 aromatic heterocycles. The summed E-state index contributed by atoms with van der Waals surface area (Å²) in [5, 5.41) is 8.99. The van der Waals surface area contributed by atoms with Gasteiger partial charge in [0.15, 0.2) is 0 Å². The van der Waals surface area contributed by atoms with Gasteiger partial charge in [0.1, 0.15) is 5.76 Å². The number of rotatable bonds is 3. The van der Waals surface area contributed by atoms with Gasteiger partial charge in [0.2, 0.25) is 0 Å². The van der Waals surface area contributed by atoms with Crippen LogP contribution in [0.4, 0.5) is 0 Å². The van der Waals surface area contributed by atoms with Gasteiger partial charge in [0.05, 0.1) is 5.57 Å². The summed E-state index contributed by atoms with van der Waals surface area (Å²) in [5.41, 5.74) is -0.0864. The van der Waals surface area contributed by atoms with Crippen molar-refractivity contribution in [1.82, 2.24) is 0 Å². The molecule has 5 nitrogen and oxygen atoms in total. The van der Waals surface area contributed by atoms with Crippen molar-refractivity contribution in [1.29, 1.82) is 0 Å². The molecule has 0 fully saturated rings. The van der Waals surface area contributed by atoms with Gasteiger partial charge in [-0.1, -0.05) is 6.92 Å². The topological polar surface area (TPSA) is 86.7 Å². The highest BCUT2D eigenvalue weighted by atomic mass is 31.1. The van der Waals surface area contributed by atoms with Crippen molar-refractivity contribution in [3.05, 3.63) is 11.3 Å². The second-order valence-electron chi connectivity index (χ2n) is 2.03. The zero-order chi connectivity index (χ0) is 9.72. The quantitative estimate of drug-likeness (QED) is 0.405. The first-order valence-corrected chi connectivity index (χ1v) is 4.34. The minimum Gasteiger partial charge on any atom is -0.558 e. The van der Waals surface area contributed by atoms with Crippen LogP contribution >= 0.6 is 8.25 Å². The van der Waals surface area contributed by atoms with Gasteiger partial charge in [-0.05, 0) is 11.5 Å². The van der Waals surface area contributed by atoms with E-state index >= 15 is 0 Å². The van der Waals surface area contributed by atoms with Crippen LogP contribution in [0.1, 0.15) is 20.3 Å². The van der Waals surface area contributed by atoms with Crippen LogP contribution in [0.15, 0.2) is 11.3 Å². The van der Waals surface area contributed by atoms with Crippen molar-refractivity contribution in [2.24, 2.45) is 0 Å². The van der Waals surface area contributed by atoms with Crippen molar-refractivity contribution in [2.75, 3.05) is 0 Å². The summed E-state index contributed by atoms with van der Waals surface area (Å²) < 4.78 is 13.7. The molecule has 0 aromatic rings. The molecule has 6 heteroatoms. The van der Waals surface area contributed by atoms with Gasteiger partial charge in [-0.2, -0.15) is 0 Å². The molecule has 0 aliphatic rings. The number of carbonyl (C=O) groups excluding carboxylic acids is 1. The van der Waals surface area contributed by atoms with Crippen LogP contribution in [0.3, 0.4) is 0 Å². The number of allylic oxidation sites excluding steroid dienone is 1. The molecule has 0 aliphatic carbocycles. The van der Waals surface area contributed by atoms with Crippen molar-refractivity contribution < 1.29 is 23.9 Å². The fourth-order valence-corrected chi connectivity index (χ4v) is 0.791. The van der Waals surface area contributed by atoms with E-state index in [4.69, 9.17) is 5.11 Å². The maximum Gasteiger partial charge on any atom is 0.542 e. The monoisotopic (exact) mass is 192 g/mol. The normalized spacial score (nSPS) is 13.4. The van der Waals surface area contributed by atoms with E-state index in [1.165, 1.54) is 6.92 Å². The Morgan fingerprint density at radius 1 is 1.67 bits per heavy atom. The van der Waals surface area contributed by atoms with Crippen molar-refractivity contribution in [2.45, 2.75) is 20.3 Å². The molecule has 1 N–H and O–H groups in total. The highest BCUT2D eigenvalue weighted by molar-refractivity contribution is 7.31. The Hall–Kier alpha value is -0.930. The third-order valence-electron chi connectivity index (χ3n) is 1.23. The number of hydrogen-bond donors (Lipinski definition) is 1. The SMILES string of the molecule is CCC(O)=C(C)C(=O)O[P+](=O)[O-]. The Bertz CT molecular complexity index is 232. The van der Waals surface area contributed by atoms with Crippen molar-refractivity contribution in [3.8, 4) is 0 Å². The molecule has 1 unspecified atom stereocenters. The molecule has 68 valence electrons. The van der Waals surface area contributed by atoms with E-state index in [-0.39, 0.29) is 17.8 Å². The fourth-order valence-electron chi connectivity index (χ4n) is 0.519. The van der Waals surface area contributed by atoms with Crippen LogP contribution < -0.4 is 4.89 Å². The molecule has 0 radical (unpaired) electrons. The van der Waals surface area contributed by atoms with Gasteiger partial charge in [0, 0.05) is 6.42 Å². The summed E-state index contributed by atoms with van der Waals surface area (Å²) in [5.74, 6) is -1.21. The van der Waals surface area contributed by atoms with Gasteiger partial charge < -0.3 is 10.00 Å². The van der Waals surface area contributed by atoms with E-state index in [9.17, 15) is 14.3 Å². The van der Waals surface area contributed by atoms with E-state index < -0.39 is 14.2 Å². The lowest BCUT2D eigenvalue weighted by Gasteiger charge is -1.98. The van der Waals surface area contributed by atoms with Crippen LogP contribution in [0.2, 0.25) is 0 Å². The standard InChI is InChI=1S/C6H9O5P/c1-3-5(7)4(2)6(8)11-12(9)10/h7H,3H2,1-2H3. The summed E-state index contributed by atoms with van der Waals surface area (Å²) >= 11 is 0. The predicted molar refractivity (Wildman–Crippen MR) is 39.3 cm³/mol. The second-order valence-corrected chi connectivity index (χ2v) is 2.66. The zero-order valence-corrected chi connectivity index (χ0v) is 7.63. The Balaban J connectivity index is 4.39. The molecule has 0 aromatic carbocycles. The molecule has 0 amide bonds. The van der Waals surface area contributed by atoms with E-state index in [1.54, 1.807) is 6.92 Å². The Morgan fingerprint density at radius 3 is 2.50 bits per heavy atom. The predicted octanol–water partition coefficient (Wildman–Crippen LogP) is 0.789. The van der Waals surface area contributed by atoms with Gasteiger partial charge in [-0.15, -0.1) is 0 Å².